The molecule has 0 aliphatic heterocycles. The zero-order chi connectivity index (χ0) is 4.12. The van der Waals surface area contributed by atoms with Crippen molar-refractivity contribution in [3.63, 3.8) is 0 Å². The van der Waals surface area contributed by atoms with Gasteiger partial charge in [-0.3, -0.25) is 6.58 Å². The van der Waals surface area contributed by atoms with Crippen LogP contribution in [0.5, 0.6) is 0 Å². The molecule has 0 saturated carbocycles. The maximum absolute atomic E-state index is 4.93. The summed E-state index contributed by atoms with van der Waals surface area (Å²) in [5.74, 6) is 0. The summed E-state index contributed by atoms with van der Waals surface area (Å²) in [7, 11) is 0. The van der Waals surface area contributed by atoms with E-state index in [1.54, 1.807) is 6.08 Å². The van der Waals surface area contributed by atoms with Gasteiger partial charge in [0, 0.05) is 21.7 Å². The largest absolute Gasteiger partial charge is 0.293 e. The molecule has 0 unspecified atom stereocenters. The SMILES string of the molecule is [CH-]=C/C=C/C.[Ti]. The quantitative estimate of drug-likeness (QED) is 0.276. The summed E-state index contributed by atoms with van der Waals surface area (Å²) in [6.07, 6.45) is 5.15. The summed E-state index contributed by atoms with van der Waals surface area (Å²) in [6, 6.07) is 0. The average Bonchev–Trinajstić information content (AvgIpc) is 1.41. The zero-order valence-corrected chi connectivity index (χ0v) is 5.37. The topological polar surface area (TPSA) is 0 Å². The van der Waals surface area contributed by atoms with Gasteiger partial charge < -0.3 is 0 Å². The zero-order valence-electron chi connectivity index (χ0n) is 3.81. The summed E-state index contributed by atoms with van der Waals surface area (Å²) in [5, 5.41) is 0. The molecule has 0 fully saturated rings. The number of hydrogen-bond donors (Lipinski definition) is 0. The molecule has 1 heteroatoms. The van der Waals surface area contributed by atoms with Gasteiger partial charge in [-0.15, -0.1) is 0 Å². The molecule has 0 aromatic carbocycles. The Bertz CT molecular complexity index is 45.9. The van der Waals surface area contributed by atoms with Crippen molar-refractivity contribution >= 4 is 0 Å². The van der Waals surface area contributed by atoms with Crippen LogP contribution >= 0.6 is 0 Å². The number of rotatable bonds is 1. The summed E-state index contributed by atoms with van der Waals surface area (Å²) < 4.78 is 0. The minimum absolute atomic E-state index is 0. The Morgan fingerprint density at radius 2 is 2.00 bits per heavy atom. The Morgan fingerprint density at radius 1 is 1.50 bits per heavy atom. The predicted molar refractivity (Wildman–Crippen MR) is 23.7 cm³/mol. The smallest absolute Gasteiger partial charge is 0 e. The fraction of sp³-hybridized carbons (Fsp3) is 0.200. The third-order valence-corrected chi connectivity index (χ3v) is 0.304. The first-order valence-corrected chi connectivity index (χ1v) is 1.58. The van der Waals surface area contributed by atoms with Crippen LogP contribution < -0.4 is 0 Å². The molecule has 0 atom stereocenters. The third-order valence-electron chi connectivity index (χ3n) is 0.304. The Morgan fingerprint density at radius 3 is 2.00 bits per heavy atom. The van der Waals surface area contributed by atoms with Gasteiger partial charge in [-0.1, -0.05) is 6.92 Å². The van der Waals surface area contributed by atoms with Crippen LogP contribution in [0.15, 0.2) is 18.2 Å². The molecule has 0 radical (unpaired) electrons. The Kier molecular flexibility index (Phi) is 14.2. The monoisotopic (exact) mass is 115 g/mol. The van der Waals surface area contributed by atoms with Crippen molar-refractivity contribution < 1.29 is 21.7 Å². The van der Waals surface area contributed by atoms with Crippen molar-refractivity contribution in [1.82, 2.24) is 0 Å². The molecule has 0 N–H and O–H groups in total. The van der Waals surface area contributed by atoms with Gasteiger partial charge >= 0.3 is 0 Å². The van der Waals surface area contributed by atoms with Crippen LogP contribution in [-0.2, 0) is 21.7 Å². The van der Waals surface area contributed by atoms with Crippen LogP contribution in [0.3, 0.4) is 0 Å². The molecule has 0 heterocycles. The molecule has 6 heavy (non-hydrogen) atoms. The molecule has 0 aliphatic carbocycles. The van der Waals surface area contributed by atoms with Crippen LogP contribution in [0.4, 0.5) is 0 Å². The minimum Gasteiger partial charge on any atom is -0.293 e. The van der Waals surface area contributed by atoms with E-state index in [0.717, 1.165) is 0 Å². The molecular formula is C5H7Ti-. The summed E-state index contributed by atoms with van der Waals surface area (Å²) in [6.45, 7) is 6.85. The molecule has 0 nitrogen and oxygen atoms in total. The first-order valence-electron chi connectivity index (χ1n) is 1.58. The van der Waals surface area contributed by atoms with Crippen LogP contribution in [-0.4, -0.2) is 0 Å². The predicted octanol–water partition coefficient (Wildman–Crippen LogP) is 1.55. The first kappa shape index (κ1) is 9.50. The normalized spacial score (nSPS) is 7.50. The molecule has 0 bridgehead atoms. The maximum atomic E-state index is 4.93. The van der Waals surface area contributed by atoms with E-state index < -0.39 is 0 Å². The Hall–Kier alpha value is 0.194. The third kappa shape index (κ3) is 8.89. The van der Waals surface area contributed by atoms with Gasteiger partial charge in [-0.25, -0.2) is 12.2 Å². The molecule has 0 amide bonds. The average molecular weight is 115 g/mol. The van der Waals surface area contributed by atoms with Crippen molar-refractivity contribution in [2.75, 3.05) is 0 Å². The second-order valence-corrected chi connectivity index (χ2v) is 0.718. The van der Waals surface area contributed by atoms with E-state index >= 15 is 0 Å². The van der Waals surface area contributed by atoms with E-state index in [1.165, 1.54) is 6.08 Å². The molecule has 0 aliphatic rings. The fourth-order valence-electron chi connectivity index (χ4n) is 0.111. The van der Waals surface area contributed by atoms with E-state index in [1.807, 2.05) is 13.0 Å². The molecule has 0 spiro atoms. The van der Waals surface area contributed by atoms with Crippen LogP contribution in [0.25, 0.3) is 0 Å². The molecule has 0 aromatic rings. The summed E-state index contributed by atoms with van der Waals surface area (Å²) >= 11 is 0. The standard InChI is InChI=1S/C5H7.Ti/c1-3-5-4-2;/h1,3-5H,2H3;/q-1;/b5-4+;. The van der Waals surface area contributed by atoms with Gasteiger partial charge in [0.25, 0.3) is 0 Å². The van der Waals surface area contributed by atoms with E-state index in [2.05, 4.69) is 0 Å². The van der Waals surface area contributed by atoms with Gasteiger partial charge in [0.05, 0.1) is 0 Å². The Balaban J connectivity index is 0. The van der Waals surface area contributed by atoms with Crippen LogP contribution in [0.2, 0.25) is 0 Å². The number of hydrogen-bond acceptors (Lipinski definition) is 0. The number of allylic oxidation sites excluding steroid dienone is 3. The maximum Gasteiger partial charge on any atom is 0 e. The summed E-state index contributed by atoms with van der Waals surface area (Å²) in [4.78, 5) is 0. The van der Waals surface area contributed by atoms with Gasteiger partial charge in [0.1, 0.15) is 0 Å². The van der Waals surface area contributed by atoms with Crippen molar-refractivity contribution in [2.45, 2.75) is 6.92 Å². The Labute approximate surface area is 53.8 Å². The molecule has 0 rings (SSSR count). The van der Waals surface area contributed by atoms with Gasteiger partial charge in [0.15, 0.2) is 0 Å². The van der Waals surface area contributed by atoms with E-state index in [4.69, 9.17) is 6.58 Å². The summed E-state index contributed by atoms with van der Waals surface area (Å²) in [5.41, 5.74) is 0. The van der Waals surface area contributed by atoms with Crippen LogP contribution in [0, 0.1) is 6.58 Å². The molecule has 0 saturated heterocycles. The van der Waals surface area contributed by atoms with Crippen molar-refractivity contribution in [3.05, 3.63) is 24.8 Å². The molecule has 32 valence electrons. The van der Waals surface area contributed by atoms with E-state index in [9.17, 15) is 0 Å². The van der Waals surface area contributed by atoms with Crippen molar-refractivity contribution in [2.24, 2.45) is 0 Å². The minimum atomic E-state index is 0. The van der Waals surface area contributed by atoms with Gasteiger partial charge in [-0.05, 0) is 0 Å². The van der Waals surface area contributed by atoms with Crippen molar-refractivity contribution in [3.8, 4) is 0 Å². The van der Waals surface area contributed by atoms with E-state index in [-0.39, 0.29) is 21.7 Å². The van der Waals surface area contributed by atoms with Crippen molar-refractivity contribution in [1.29, 1.82) is 0 Å². The van der Waals surface area contributed by atoms with Gasteiger partial charge in [-0.2, -0.15) is 6.08 Å². The fourth-order valence-corrected chi connectivity index (χ4v) is 0.111. The second kappa shape index (κ2) is 8.96. The van der Waals surface area contributed by atoms with E-state index in [0.29, 0.717) is 0 Å². The molecule has 0 aromatic heterocycles. The molecular weight excluding hydrogens is 108 g/mol. The second-order valence-electron chi connectivity index (χ2n) is 0.718. The first-order chi connectivity index (χ1) is 2.41. The van der Waals surface area contributed by atoms with Crippen LogP contribution in [0.1, 0.15) is 6.92 Å². The van der Waals surface area contributed by atoms with Gasteiger partial charge in [0.2, 0.25) is 0 Å².